The van der Waals surface area contributed by atoms with E-state index in [1.165, 1.54) is 6.07 Å². The number of halogens is 1. The normalized spacial score (nSPS) is 13.9. The van der Waals surface area contributed by atoms with E-state index >= 15 is 0 Å². The quantitative estimate of drug-likeness (QED) is 0.598. The number of aromatic nitrogens is 1. The first-order valence-corrected chi connectivity index (χ1v) is 9.87. The maximum Gasteiger partial charge on any atom is 0.419 e. The smallest absolute Gasteiger partial charge is 0.419 e. The SMILES string of the molecule is CC(=O)N1CCN(c2ccc(CCc3ccc(CNNC(=O)O)cc3F)nc2)CC1. The largest absolute Gasteiger partial charge is 0.464 e. The molecule has 2 heterocycles. The van der Waals surface area contributed by atoms with Gasteiger partial charge in [-0.1, -0.05) is 12.1 Å². The minimum Gasteiger partial charge on any atom is -0.464 e. The molecule has 0 atom stereocenters. The standard InChI is InChI=1S/C21H26FN5O3/c1-15(28)26-8-10-27(11-9-26)19-7-6-18(23-14-19)5-4-17-3-2-16(12-20(17)22)13-24-25-21(29)30/h2-3,6-7,12,14,24-25H,4-5,8-11,13H2,1H3,(H,29,30). The van der Waals surface area contributed by atoms with Gasteiger partial charge in [0.1, 0.15) is 5.82 Å². The summed E-state index contributed by atoms with van der Waals surface area (Å²) in [7, 11) is 0. The maximum atomic E-state index is 14.3. The Morgan fingerprint density at radius 1 is 1.13 bits per heavy atom. The number of rotatable bonds is 7. The maximum absolute atomic E-state index is 14.3. The van der Waals surface area contributed by atoms with Crippen LogP contribution in [0, 0.1) is 5.82 Å². The van der Waals surface area contributed by atoms with Crippen molar-refractivity contribution in [2.45, 2.75) is 26.3 Å². The predicted molar refractivity (Wildman–Crippen MR) is 111 cm³/mol. The molecule has 1 aliphatic rings. The fourth-order valence-corrected chi connectivity index (χ4v) is 3.42. The van der Waals surface area contributed by atoms with Crippen LogP contribution < -0.4 is 15.8 Å². The molecule has 30 heavy (non-hydrogen) atoms. The lowest BCUT2D eigenvalue weighted by atomic mass is 10.0. The van der Waals surface area contributed by atoms with Crippen LogP contribution in [0.4, 0.5) is 14.9 Å². The number of hydrogen-bond donors (Lipinski definition) is 3. The summed E-state index contributed by atoms with van der Waals surface area (Å²) in [6.07, 6.45) is 1.78. The Balaban J connectivity index is 1.50. The molecule has 2 amide bonds. The van der Waals surface area contributed by atoms with Gasteiger partial charge < -0.3 is 14.9 Å². The average molecular weight is 415 g/mol. The first-order valence-electron chi connectivity index (χ1n) is 9.87. The first kappa shape index (κ1) is 21.5. The number of amides is 2. The Bertz CT molecular complexity index is 883. The third-order valence-corrected chi connectivity index (χ3v) is 5.16. The molecule has 0 aliphatic carbocycles. The van der Waals surface area contributed by atoms with Crippen LogP contribution >= 0.6 is 0 Å². The summed E-state index contributed by atoms with van der Waals surface area (Å²) < 4.78 is 14.3. The van der Waals surface area contributed by atoms with Gasteiger partial charge >= 0.3 is 6.09 Å². The number of hydrazine groups is 1. The van der Waals surface area contributed by atoms with Crippen molar-refractivity contribution in [1.82, 2.24) is 20.7 Å². The fraction of sp³-hybridized carbons (Fsp3) is 0.381. The number of nitrogens with zero attached hydrogens (tertiary/aromatic N) is 3. The topological polar surface area (TPSA) is 97.8 Å². The molecule has 160 valence electrons. The molecule has 1 fully saturated rings. The summed E-state index contributed by atoms with van der Waals surface area (Å²) in [5.74, 6) is -0.207. The lowest BCUT2D eigenvalue weighted by Gasteiger charge is -2.35. The Morgan fingerprint density at radius 2 is 1.90 bits per heavy atom. The van der Waals surface area contributed by atoms with Crippen molar-refractivity contribution in [3.63, 3.8) is 0 Å². The Hall–Kier alpha value is -3.20. The number of nitrogens with one attached hydrogen (secondary N) is 2. The van der Waals surface area contributed by atoms with Crippen LogP contribution in [0.2, 0.25) is 0 Å². The zero-order valence-electron chi connectivity index (χ0n) is 16.9. The van der Waals surface area contributed by atoms with E-state index in [4.69, 9.17) is 5.11 Å². The van der Waals surface area contributed by atoms with Gasteiger partial charge in [0.15, 0.2) is 0 Å². The van der Waals surface area contributed by atoms with Crippen LogP contribution in [0.15, 0.2) is 36.5 Å². The van der Waals surface area contributed by atoms with Crippen molar-refractivity contribution in [3.05, 3.63) is 59.2 Å². The van der Waals surface area contributed by atoms with E-state index in [1.54, 1.807) is 19.1 Å². The van der Waals surface area contributed by atoms with Gasteiger partial charge in [0.25, 0.3) is 0 Å². The highest BCUT2D eigenvalue weighted by Crippen LogP contribution is 2.17. The summed E-state index contributed by atoms with van der Waals surface area (Å²) in [5.41, 5.74) is 7.68. The van der Waals surface area contributed by atoms with Crippen LogP contribution in [0.5, 0.6) is 0 Å². The summed E-state index contributed by atoms with van der Waals surface area (Å²) in [4.78, 5) is 30.4. The lowest BCUT2D eigenvalue weighted by Crippen LogP contribution is -2.48. The number of carboxylic acid groups (broad SMARTS) is 1. The van der Waals surface area contributed by atoms with Crippen molar-refractivity contribution >= 4 is 17.7 Å². The zero-order chi connectivity index (χ0) is 21.5. The van der Waals surface area contributed by atoms with Gasteiger partial charge in [-0.3, -0.25) is 15.2 Å². The van der Waals surface area contributed by atoms with E-state index in [1.807, 2.05) is 28.7 Å². The highest BCUT2D eigenvalue weighted by atomic mass is 19.1. The third kappa shape index (κ3) is 5.90. The Kier molecular flexibility index (Phi) is 7.18. The predicted octanol–water partition coefficient (Wildman–Crippen LogP) is 1.95. The molecule has 1 saturated heterocycles. The molecule has 1 aliphatic heterocycles. The molecule has 9 heteroatoms. The average Bonchev–Trinajstić information content (AvgIpc) is 2.73. The van der Waals surface area contributed by atoms with E-state index in [0.29, 0.717) is 37.1 Å². The summed E-state index contributed by atoms with van der Waals surface area (Å²) in [6, 6.07) is 8.87. The Morgan fingerprint density at radius 3 is 2.50 bits per heavy atom. The minimum atomic E-state index is -1.19. The second-order valence-corrected chi connectivity index (χ2v) is 7.21. The molecule has 1 aromatic heterocycles. The number of carbonyl (C=O) groups is 2. The van der Waals surface area contributed by atoms with Gasteiger partial charge in [0.2, 0.25) is 5.91 Å². The monoisotopic (exact) mass is 415 g/mol. The molecular formula is C21H26FN5O3. The summed E-state index contributed by atoms with van der Waals surface area (Å²) >= 11 is 0. The number of piperazine rings is 1. The molecule has 0 saturated carbocycles. The number of anilines is 1. The molecule has 0 bridgehead atoms. The van der Waals surface area contributed by atoms with Crippen LogP contribution in [-0.2, 0) is 24.2 Å². The van der Waals surface area contributed by atoms with Crippen molar-refractivity contribution in [2.75, 3.05) is 31.1 Å². The highest BCUT2D eigenvalue weighted by molar-refractivity contribution is 5.73. The minimum absolute atomic E-state index is 0.108. The lowest BCUT2D eigenvalue weighted by molar-refractivity contribution is -0.129. The van der Waals surface area contributed by atoms with Crippen molar-refractivity contribution < 1.29 is 19.1 Å². The van der Waals surface area contributed by atoms with Gasteiger partial charge in [-0.2, -0.15) is 0 Å². The second-order valence-electron chi connectivity index (χ2n) is 7.21. The molecular weight excluding hydrogens is 389 g/mol. The fourth-order valence-electron chi connectivity index (χ4n) is 3.42. The van der Waals surface area contributed by atoms with E-state index < -0.39 is 6.09 Å². The van der Waals surface area contributed by atoms with Gasteiger partial charge in [0.05, 0.1) is 11.9 Å². The number of hydrogen-bond acceptors (Lipinski definition) is 5. The first-order chi connectivity index (χ1) is 14.4. The van der Waals surface area contributed by atoms with Gasteiger partial charge in [-0.25, -0.2) is 14.6 Å². The van der Waals surface area contributed by atoms with Crippen LogP contribution in [0.3, 0.4) is 0 Å². The molecule has 3 N–H and O–H groups in total. The zero-order valence-corrected chi connectivity index (χ0v) is 16.9. The van der Waals surface area contributed by atoms with Gasteiger partial charge in [-0.15, -0.1) is 0 Å². The van der Waals surface area contributed by atoms with E-state index in [0.717, 1.165) is 24.5 Å². The van der Waals surface area contributed by atoms with Crippen molar-refractivity contribution in [3.8, 4) is 0 Å². The van der Waals surface area contributed by atoms with Crippen LogP contribution in [0.25, 0.3) is 0 Å². The molecule has 1 aromatic carbocycles. The number of carbonyl (C=O) groups excluding carboxylic acids is 1. The molecule has 0 unspecified atom stereocenters. The van der Waals surface area contributed by atoms with E-state index in [2.05, 4.69) is 15.3 Å². The molecule has 8 nitrogen and oxygen atoms in total. The Labute approximate surface area is 174 Å². The highest BCUT2D eigenvalue weighted by Gasteiger charge is 2.18. The van der Waals surface area contributed by atoms with Gasteiger partial charge in [0, 0.05) is 45.3 Å². The van der Waals surface area contributed by atoms with Crippen molar-refractivity contribution in [1.29, 1.82) is 0 Å². The number of pyridine rings is 1. The summed E-state index contributed by atoms with van der Waals surface area (Å²) in [6.45, 7) is 4.80. The van der Waals surface area contributed by atoms with E-state index in [9.17, 15) is 14.0 Å². The van der Waals surface area contributed by atoms with Crippen LogP contribution in [-0.4, -0.2) is 53.2 Å². The van der Waals surface area contributed by atoms with E-state index in [-0.39, 0.29) is 18.3 Å². The molecule has 0 radical (unpaired) electrons. The molecule has 0 spiro atoms. The van der Waals surface area contributed by atoms with Crippen LogP contribution in [0.1, 0.15) is 23.7 Å². The van der Waals surface area contributed by atoms with Gasteiger partial charge in [-0.05, 0) is 42.2 Å². The second kappa shape index (κ2) is 10.0. The van der Waals surface area contributed by atoms with Crippen molar-refractivity contribution in [2.24, 2.45) is 0 Å². The third-order valence-electron chi connectivity index (χ3n) is 5.16. The molecule has 2 aromatic rings. The summed E-state index contributed by atoms with van der Waals surface area (Å²) in [5, 5.41) is 8.52. The number of benzene rings is 1. The molecule has 3 rings (SSSR count). The number of aryl methyl sites for hydroxylation is 2.